The lowest BCUT2D eigenvalue weighted by Crippen LogP contribution is -2.34. The Kier molecular flexibility index (Phi) is 5.27. The Morgan fingerprint density at radius 1 is 1.31 bits per heavy atom. The number of nitrogens with zero attached hydrogens (tertiary/aromatic N) is 3. The van der Waals surface area contributed by atoms with E-state index in [2.05, 4.69) is 10.4 Å². The Morgan fingerprint density at radius 3 is 2.52 bits per heavy atom. The van der Waals surface area contributed by atoms with E-state index in [1.807, 2.05) is 6.07 Å². The number of benzene rings is 1. The minimum atomic E-state index is -4.48. The Morgan fingerprint density at radius 2 is 1.97 bits per heavy atom. The molecule has 1 fully saturated rings. The zero-order chi connectivity index (χ0) is 21.4. The maximum absolute atomic E-state index is 12.7. The highest BCUT2D eigenvalue weighted by Gasteiger charge is 2.36. The van der Waals surface area contributed by atoms with Crippen molar-refractivity contribution in [1.29, 1.82) is 5.26 Å². The van der Waals surface area contributed by atoms with Crippen molar-refractivity contribution in [2.24, 2.45) is 11.7 Å². The zero-order valence-corrected chi connectivity index (χ0v) is 15.7. The summed E-state index contributed by atoms with van der Waals surface area (Å²) >= 11 is 0. The number of primary amides is 1. The fraction of sp³-hybridized carbons (Fsp3) is 0.353. The molecule has 0 radical (unpaired) electrons. The minimum Gasteiger partial charge on any atom is -0.365 e. The lowest BCUT2D eigenvalue weighted by molar-refractivity contribution is -0.137. The fourth-order valence-corrected chi connectivity index (χ4v) is 4.73. The normalized spacial score (nSPS) is 21.3. The molecule has 0 aliphatic carbocycles. The molecule has 2 heterocycles. The van der Waals surface area contributed by atoms with Crippen LogP contribution in [0.2, 0.25) is 0 Å². The van der Waals surface area contributed by atoms with Crippen molar-refractivity contribution in [2.75, 3.05) is 16.8 Å². The van der Waals surface area contributed by atoms with Crippen LogP contribution in [-0.4, -0.2) is 35.6 Å². The number of aromatic nitrogens is 2. The number of amides is 1. The number of rotatable bonds is 4. The number of nitriles is 1. The monoisotopic (exact) mass is 427 g/mol. The predicted molar refractivity (Wildman–Crippen MR) is 96.9 cm³/mol. The van der Waals surface area contributed by atoms with Crippen LogP contribution in [0, 0.1) is 17.2 Å². The van der Waals surface area contributed by atoms with Crippen molar-refractivity contribution in [3.8, 4) is 6.07 Å². The van der Waals surface area contributed by atoms with Crippen molar-refractivity contribution in [3.05, 3.63) is 41.6 Å². The van der Waals surface area contributed by atoms with Crippen LogP contribution in [0.15, 0.2) is 30.5 Å². The van der Waals surface area contributed by atoms with E-state index in [4.69, 9.17) is 5.73 Å². The van der Waals surface area contributed by atoms with Crippen molar-refractivity contribution in [3.63, 3.8) is 0 Å². The van der Waals surface area contributed by atoms with Gasteiger partial charge in [-0.05, 0) is 30.7 Å². The van der Waals surface area contributed by atoms with Gasteiger partial charge in [0, 0.05) is 11.9 Å². The molecule has 0 bridgehead atoms. The second kappa shape index (κ2) is 7.40. The summed E-state index contributed by atoms with van der Waals surface area (Å²) in [6.45, 7) is 0. The predicted octanol–water partition coefficient (Wildman–Crippen LogP) is 2.24. The first kappa shape index (κ1) is 20.7. The van der Waals surface area contributed by atoms with Crippen LogP contribution in [0.5, 0.6) is 0 Å². The second-order valence-corrected chi connectivity index (χ2v) is 8.87. The van der Waals surface area contributed by atoms with Gasteiger partial charge in [-0.15, -0.1) is 0 Å². The molecule has 3 rings (SSSR count). The lowest BCUT2D eigenvalue weighted by atomic mass is 10.0. The molecular weight excluding hydrogens is 411 g/mol. The van der Waals surface area contributed by atoms with Gasteiger partial charge in [-0.2, -0.15) is 23.5 Å². The van der Waals surface area contributed by atoms with E-state index in [9.17, 15) is 31.6 Å². The van der Waals surface area contributed by atoms with Crippen LogP contribution in [-0.2, 0) is 16.0 Å². The molecule has 1 aliphatic heterocycles. The summed E-state index contributed by atoms with van der Waals surface area (Å²) in [5.41, 5.74) is 4.74. The van der Waals surface area contributed by atoms with E-state index in [0.29, 0.717) is 0 Å². The van der Waals surface area contributed by atoms with Crippen LogP contribution in [0.3, 0.4) is 0 Å². The molecule has 2 aromatic rings. The van der Waals surface area contributed by atoms with E-state index >= 15 is 0 Å². The van der Waals surface area contributed by atoms with Crippen LogP contribution < -0.4 is 11.1 Å². The molecule has 1 aliphatic rings. The molecule has 0 spiro atoms. The second-order valence-electron chi connectivity index (χ2n) is 6.64. The summed E-state index contributed by atoms with van der Waals surface area (Å²) in [5.74, 6) is -2.12. The number of halogens is 3. The van der Waals surface area contributed by atoms with Gasteiger partial charge in [-0.3, -0.25) is 9.48 Å². The van der Waals surface area contributed by atoms with Crippen molar-refractivity contribution in [1.82, 2.24) is 9.78 Å². The number of sulfone groups is 1. The summed E-state index contributed by atoms with van der Waals surface area (Å²) in [6, 6.07) is 5.48. The van der Waals surface area contributed by atoms with Gasteiger partial charge in [0.15, 0.2) is 15.7 Å². The number of anilines is 2. The molecule has 154 valence electrons. The van der Waals surface area contributed by atoms with Gasteiger partial charge in [-0.1, -0.05) is 0 Å². The first-order valence-corrected chi connectivity index (χ1v) is 10.3. The molecule has 29 heavy (non-hydrogen) atoms. The van der Waals surface area contributed by atoms with Gasteiger partial charge in [0.2, 0.25) is 0 Å². The Bertz CT molecular complexity index is 1070. The molecule has 1 aromatic carbocycles. The number of nitrogens with two attached hydrogens (primary N) is 1. The highest BCUT2D eigenvalue weighted by atomic mass is 32.2. The molecule has 2 atom stereocenters. The summed E-state index contributed by atoms with van der Waals surface area (Å²) < 4.78 is 62.9. The van der Waals surface area contributed by atoms with Crippen LogP contribution >= 0.6 is 0 Å². The number of alkyl halides is 3. The Labute approximate surface area is 164 Å². The van der Waals surface area contributed by atoms with E-state index in [0.717, 1.165) is 12.1 Å². The van der Waals surface area contributed by atoms with E-state index in [-0.39, 0.29) is 35.0 Å². The van der Waals surface area contributed by atoms with Crippen molar-refractivity contribution in [2.45, 2.75) is 18.6 Å². The smallest absolute Gasteiger partial charge is 0.365 e. The molecule has 8 nitrogen and oxygen atoms in total. The van der Waals surface area contributed by atoms with Crippen molar-refractivity contribution < 1.29 is 26.4 Å². The third kappa shape index (κ3) is 4.51. The average molecular weight is 427 g/mol. The quantitative estimate of drug-likeness (QED) is 0.769. The molecule has 12 heteroatoms. The average Bonchev–Trinajstić information content (AvgIpc) is 3.04. The molecule has 0 saturated carbocycles. The highest BCUT2D eigenvalue weighted by molar-refractivity contribution is 7.91. The van der Waals surface area contributed by atoms with Crippen LogP contribution in [0.1, 0.15) is 28.4 Å². The summed E-state index contributed by atoms with van der Waals surface area (Å²) in [5, 5.41) is 16.3. The van der Waals surface area contributed by atoms with Crippen molar-refractivity contribution >= 4 is 27.2 Å². The topological polar surface area (TPSA) is 131 Å². The van der Waals surface area contributed by atoms with E-state index in [1.165, 1.54) is 23.0 Å². The highest BCUT2D eigenvalue weighted by Crippen LogP contribution is 2.32. The molecule has 3 N–H and O–H groups in total. The van der Waals surface area contributed by atoms with E-state index in [1.54, 1.807) is 0 Å². The minimum absolute atomic E-state index is 0.00220. The molecule has 2 unspecified atom stereocenters. The van der Waals surface area contributed by atoms with Gasteiger partial charge in [0.25, 0.3) is 5.91 Å². The number of carbonyl (C=O) groups is 1. The Hall–Kier alpha value is -3.07. The van der Waals surface area contributed by atoms with E-state index < -0.39 is 39.4 Å². The van der Waals surface area contributed by atoms with Gasteiger partial charge < -0.3 is 11.1 Å². The number of hydrogen-bond acceptors (Lipinski definition) is 6. The maximum Gasteiger partial charge on any atom is 0.416 e. The van der Waals surface area contributed by atoms with Gasteiger partial charge in [-0.25, -0.2) is 8.42 Å². The fourth-order valence-electron chi connectivity index (χ4n) is 3.12. The summed E-state index contributed by atoms with van der Waals surface area (Å²) in [4.78, 5) is 11.8. The SMILES string of the molecule is N#CC1CS(=O)(=O)CCC1n1cc(C(N)=O)c(Nc2ccc(C(F)(F)F)cc2)n1. The van der Waals surface area contributed by atoms with Crippen LogP contribution in [0.4, 0.5) is 24.7 Å². The summed E-state index contributed by atoms with van der Waals surface area (Å²) in [7, 11) is -3.33. The first-order valence-electron chi connectivity index (χ1n) is 8.43. The molecule has 1 saturated heterocycles. The maximum atomic E-state index is 12.7. The number of hydrogen-bond donors (Lipinski definition) is 2. The number of nitrogens with one attached hydrogen (secondary N) is 1. The molecule has 1 amide bonds. The van der Waals surface area contributed by atoms with Gasteiger partial charge in [0.05, 0.1) is 35.1 Å². The first-order chi connectivity index (χ1) is 13.5. The van der Waals surface area contributed by atoms with Gasteiger partial charge >= 0.3 is 6.18 Å². The Balaban J connectivity index is 1.90. The van der Waals surface area contributed by atoms with Crippen LogP contribution in [0.25, 0.3) is 0 Å². The molecule has 1 aromatic heterocycles. The third-order valence-electron chi connectivity index (χ3n) is 4.60. The summed E-state index contributed by atoms with van der Waals surface area (Å²) in [6.07, 6.45) is -3.03. The zero-order valence-electron chi connectivity index (χ0n) is 14.8. The lowest BCUT2D eigenvalue weighted by Gasteiger charge is -2.26. The number of carbonyl (C=O) groups excluding carboxylic acids is 1. The third-order valence-corrected chi connectivity index (χ3v) is 6.33. The van der Waals surface area contributed by atoms with Gasteiger partial charge in [0.1, 0.15) is 5.56 Å². The standard InChI is InChI=1S/C17H16F3N5O3S/c18-17(19,20)11-1-3-12(4-2-11)23-16-13(15(22)26)8-25(24-16)14-5-6-29(27,28)9-10(14)7-21/h1-4,8,10,14H,5-6,9H2,(H2,22,26)(H,23,24). The largest absolute Gasteiger partial charge is 0.416 e. The molecular formula is C17H16F3N5O3S.